The van der Waals surface area contributed by atoms with E-state index < -0.39 is 8.07 Å². The van der Waals surface area contributed by atoms with Crippen LogP contribution in [-0.2, 0) is 20.1 Å². The van der Waals surface area contributed by atoms with E-state index in [0.29, 0.717) is 0 Å². The number of pyridine rings is 2. The van der Waals surface area contributed by atoms with E-state index in [4.69, 9.17) is 0 Å². The normalized spacial score (nSPS) is 11.0. The minimum Gasteiger partial charge on any atom is -0.305 e. The Hall–Kier alpha value is -2.95. The second-order valence-electron chi connectivity index (χ2n) is 9.36. The molecule has 0 saturated heterocycles. The molecule has 3 heterocycles. The van der Waals surface area contributed by atoms with Crippen molar-refractivity contribution in [1.82, 2.24) is 9.97 Å². The molecule has 0 fully saturated rings. The van der Waals surface area contributed by atoms with Crippen LogP contribution in [0.1, 0.15) is 0 Å². The van der Waals surface area contributed by atoms with E-state index in [2.05, 4.69) is 72.1 Å². The van der Waals surface area contributed by atoms with Crippen molar-refractivity contribution < 1.29 is 20.1 Å². The Morgan fingerprint density at radius 3 is 2.06 bits per heavy atom. The third-order valence-corrected chi connectivity index (χ3v) is 9.12. The van der Waals surface area contributed by atoms with Gasteiger partial charge in [-0.3, -0.25) is 0 Å². The van der Waals surface area contributed by atoms with Gasteiger partial charge >= 0.3 is 0 Å². The third kappa shape index (κ3) is 5.71. The first-order valence-corrected chi connectivity index (χ1v) is 16.0. The van der Waals surface area contributed by atoms with Crippen molar-refractivity contribution in [3.05, 3.63) is 116 Å². The molecule has 5 heteroatoms. The second-order valence-corrected chi connectivity index (χ2v) is 15.5. The number of aromatic nitrogens is 2. The van der Waals surface area contributed by atoms with Gasteiger partial charge in [0.15, 0.2) is 0 Å². The summed E-state index contributed by atoms with van der Waals surface area (Å²) < 4.78 is 2.63. The van der Waals surface area contributed by atoms with Crippen LogP contribution in [0.25, 0.3) is 42.7 Å². The quantitative estimate of drug-likeness (QED) is 0.140. The summed E-state index contributed by atoms with van der Waals surface area (Å²) in [7, 11) is -1.30. The van der Waals surface area contributed by atoms with Crippen molar-refractivity contribution in [2.75, 3.05) is 0 Å². The van der Waals surface area contributed by atoms with Crippen LogP contribution >= 0.6 is 11.3 Å². The van der Waals surface area contributed by atoms with Crippen molar-refractivity contribution in [3.63, 3.8) is 0 Å². The Morgan fingerprint density at radius 2 is 1.42 bits per heavy atom. The summed E-state index contributed by atoms with van der Waals surface area (Å²) in [5.74, 6) is 0. The molecule has 0 aliphatic heterocycles. The van der Waals surface area contributed by atoms with Crippen LogP contribution < -0.4 is 5.19 Å². The monoisotopic (exact) mass is 679 g/mol. The molecule has 3 aromatic heterocycles. The molecule has 3 aromatic carbocycles. The van der Waals surface area contributed by atoms with Crippen LogP contribution in [0, 0.1) is 12.1 Å². The molecule has 0 aliphatic rings. The van der Waals surface area contributed by atoms with Crippen molar-refractivity contribution in [2.24, 2.45) is 0 Å². The first-order chi connectivity index (χ1) is 17.0. The van der Waals surface area contributed by atoms with Crippen molar-refractivity contribution >= 4 is 44.8 Å². The van der Waals surface area contributed by atoms with E-state index in [-0.39, 0.29) is 20.1 Å². The summed E-state index contributed by atoms with van der Waals surface area (Å²) in [6.07, 6.45) is 3.63. The molecule has 0 amide bonds. The molecular formula is C31H26IrN2SSi-2. The van der Waals surface area contributed by atoms with Crippen LogP contribution in [0.15, 0.2) is 103 Å². The topological polar surface area (TPSA) is 25.8 Å². The summed E-state index contributed by atoms with van der Waals surface area (Å²) >= 11 is 1.85. The first kappa shape index (κ1) is 26.1. The molecule has 6 aromatic rings. The van der Waals surface area contributed by atoms with Gasteiger partial charge in [-0.25, -0.2) is 0 Å². The average molecular weight is 679 g/mol. The predicted octanol–water partition coefficient (Wildman–Crippen LogP) is 8.01. The Balaban J connectivity index is 0.000000198. The second kappa shape index (κ2) is 11.4. The Morgan fingerprint density at radius 1 is 0.694 bits per heavy atom. The summed E-state index contributed by atoms with van der Waals surface area (Å²) in [6.45, 7) is 7.20. The van der Waals surface area contributed by atoms with Crippen LogP contribution in [0.2, 0.25) is 19.6 Å². The Labute approximate surface area is 231 Å². The van der Waals surface area contributed by atoms with Gasteiger partial charge in [-0.05, 0) is 39.7 Å². The zero-order valence-electron chi connectivity index (χ0n) is 20.5. The summed E-state index contributed by atoms with van der Waals surface area (Å²) in [6, 6.07) is 37.5. The maximum atomic E-state index is 4.51. The maximum absolute atomic E-state index is 4.51. The summed E-state index contributed by atoms with van der Waals surface area (Å²) in [4.78, 5) is 8.73. The molecular weight excluding hydrogens is 653 g/mol. The largest absolute Gasteiger partial charge is 0.305 e. The fourth-order valence-electron chi connectivity index (χ4n) is 3.98. The molecule has 6 rings (SSSR count). The van der Waals surface area contributed by atoms with Gasteiger partial charge in [0.25, 0.3) is 0 Å². The molecule has 0 saturated carbocycles. The Bertz CT molecular complexity index is 1520. The zero-order chi connectivity index (χ0) is 24.3. The van der Waals surface area contributed by atoms with Crippen molar-refractivity contribution in [3.8, 4) is 22.5 Å². The fraction of sp³-hybridized carbons (Fsp3) is 0.0968. The van der Waals surface area contributed by atoms with Gasteiger partial charge in [-0.2, -0.15) is 11.3 Å². The van der Waals surface area contributed by atoms with Crippen LogP contribution in [0.5, 0.6) is 0 Å². The number of nitrogens with zero attached hydrogens (tertiary/aromatic N) is 2. The average Bonchev–Trinajstić information content (AvgIpc) is 3.28. The smallest absolute Gasteiger partial charge is 0.0776 e. The van der Waals surface area contributed by atoms with E-state index >= 15 is 0 Å². The van der Waals surface area contributed by atoms with Crippen LogP contribution in [0.3, 0.4) is 0 Å². The molecule has 181 valence electrons. The van der Waals surface area contributed by atoms with Gasteiger partial charge in [0.05, 0.1) is 8.07 Å². The summed E-state index contributed by atoms with van der Waals surface area (Å²) in [5, 5.41) is 4.21. The van der Waals surface area contributed by atoms with Crippen molar-refractivity contribution in [2.45, 2.75) is 19.6 Å². The molecule has 0 unspecified atom stereocenters. The minimum atomic E-state index is -1.30. The van der Waals surface area contributed by atoms with Crippen LogP contribution in [-0.4, -0.2) is 18.0 Å². The van der Waals surface area contributed by atoms with Gasteiger partial charge in [0.2, 0.25) is 0 Å². The van der Waals surface area contributed by atoms with E-state index in [9.17, 15) is 0 Å². The van der Waals surface area contributed by atoms with Crippen molar-refractivity contribution in [1.29, 1.82) is 0 Å². The SMILES string of the molecule is C[Si](C)(C)c1ccc2sc3c(-c4ccccn4)[c-]ccc3c2c1.[Ir].[c-]1ccccc1-c1ccccn1. The molecule has 0 N–H and O–H groups in total. The number of rotatable bonds is 3. The number of benzene rings is 3. The molecule has 2 nitrogen and oxygen atoms in total. The zero-order valence-corrected chi connectivity index (χ0v) is 24.7. The molecule has 0 spiro atoms. The molecule has 1 radical (unpaired) electrons. The number of hydrogen-bond acceptors (Lipinski definition) is 3. The standard InChI is InChI=1S/C20H18NSSi.C11H8N.Ir/c1-23(2,3)14-10-11-19-17(13-14)15-7-6-8-16(20(15)22-19)18-9-4-5-12-21-18;1-2-6-10(7-3-1)11-8-4-5-9-12-11;/h4-7,9-13H,1-3H3;1-6,8-9H;/q2*-1;. The predicted molar refractivity (Wildman–Crippen MR) is 153 cm³/mol. The van der Waals surface area contributed by atoms with Gasteiger partial charge < -0.3 is 9.97 Å². The molecule has 0 aliphatic carbocycles. The van der Waals surface area contributed by atoms with E-state index in [0.717, 1.165) is 22.5 Å². The van der Waals surface area contributed by atoms with Gasteiger partial charge in [0.1, 0.15) is 0 Å². The Kier molecular flexibility index (Phi) is 8.27. The van der Waals surface area contributed by atoms with Gasteiger partial charge in [0, 0.05) is 37.2 Å². The third-order valence-electron chi connectivity index (χ3n) is 5.87. The van der Waals surface area contributed by atoms with Gasteiger partial charge in [-0.1, -0.05) is 66.6 Å². The maximum Gasteiger partial charge on any atom is 0.0776 e. The number of fused-ring (bicyclic) bond motifs is 3. The molecule has 0 bridgehead atoms. The van der Waals surface area contributed by atoms with Crippen LogP contribution in [0.4, 0.5) is 0 Å². The van der Waals surface area contributed by atoms with E-state index in [1.54, 1.807) is 6.20 Å². The molecule has 0 atom stereocenters. The molecule has 36 heavy (non-hydrogen) atoms. The number of thiophene rings is 1. The number of hydrogen-bond donors (Lipinski definition) is 0. The van der Waals surface area contributed by atoms with Gasteiger partial charge in [-0.15, -0.1) is 59.7 Å². The fourth-order valence-corrected chi connectivity index (χ4v) is 6.33. The van der Waals surface area contributed by atoms with E-state index in [1.807, 2.05) is 78.2 Å². The summed E-state index contributed by atoms with van der Waals surface area (Å²) in [5.41, 5.74) is 4.12. The minimum absolute atomic E-state index is 0. The van der Waals surface area contributed by atoms with E-state index in [1.165, 1.54) is 25.4 Å². The first-order valence-electron chi connectivity index (χ1n) is 11.7.